The summed E-state index contributed by atoms with van der Waals surface area (Å²) < 4.78 is 10.7. The molecule has 3 rings (SSSR count). The number of hydrogen-bond acceptors (Lipinski definition) is 6. The van der Waals surface area contributed by atoms with Crippen LogP contribution in [0.4, 0.5) is 9.93 Å². The molecule has 0 radical (unpaired) electrons. The highest BCUT2D eigenvalue weighted by Crippen LogP contribution is 2.27. The third-order valence-corrected chi connectivity index (χ3v) is 4.60. The van der Waals surface area contributed by atoms with E-state index in [1.807, 2.05) is 12.1 Å². The zero-order valence-electron chi connectivity index (χ0n) is 14.4. The number of carbonyl (C=O) groups excluding carboxylic acids is 2. The Labute approximate surface area is 154 Å². The molecule has 1 amide bonds. The van der Waals surface area contributed by atoms with Gasteiger partial charge in [-0.2, -0.15) is 0 Å². The fraction of sp³-hybridized carbons (Fsp3) is 0.211. The summed E-state index contributed by atoms with van der Waals surface area (Å²) in [6.07, 6.45) is 0.182. The average Bonchev–Trinajstić information content (AvgIpc) is 3.03. The van der Waals surface area contributed by atoms with Gasteiger partial charge in [0.15, 0.2) is 5.13 Å². The fourth-order valence-electron chi connectivity index (χ4n) is 2.33. The predicted octanol–water partition coefficient (Wildman–Crippen LogP) is 4.65. The summed E-state index contributed by atoms with van der Waals surface area (Å²) in [5.41, 5.74) is 2.53. The average molecular weight is 370 g/mol. The molecule has 1 N–H and O–H groups in total. The van der Waals surface area contributed by atoms with Crippen LogP contribution < -0.4 is 10.1 Å². The first kappa shape index (κ1) is 17.9. The number of carbonyl (C=O) groups is 2. The van der Waals surface area contributed by atoms with E-state index in [-0.39, 0.29) is 12.5 Å². The van der Waals surface area contributed by atoms with Gasteiger partial charge in [0.2, 0.25) is 0 Å². The van der Waals surface area contributed by atoms with E-state index in [2.05, 4.69) is 23.3 Å². The van der Waals surface area contributed by atoms with E-state index in [9.17, 15) is 9.59 Å². The molecule has 6 nitrogen and oxygen atoms in total. The number of ether oxygens (including phenoxy) is 2. The van der Waals surface area contributed by atoms with Crippen molar-refractivity contribution < 1.29 is 19.1 Å². The van der Waals surface area contributed by atoms with Gasteiger partial charge in [0.05, 0.1) is 16.8 Å². The number of nitrogens with one attached hydrogen (secondary N) is 1. The predicted molar refractivity (Wildman–Crippen MR) is 101 cm³/mol. The van der Waals surface area contributed by atoms with E-state index >= 15 is 0 Å². The first-order valence-electron chi connectivity index (χ1n) is 8.24. The van der Waals surface area contributed by atoms with Crippen LogP contribution in [0.25, 0.3) is 10.2 Å². The maximum Gasteiger partial charge on any atom is 0.513 e. The molecule has 0 aliphatic heterocycles. The number of hydrogen-bond donors (Lipinski definition) is 1. The van der Waals surface area contributed by atoms with Crippen LogP contribution in [0.5, 0.6) is 5.75 Å². The van der Waals surface area contributed by atoms with Gasteiger partial charge in [0.25, 0.3) is 5.91 Å². The van der Waals surface area contributed by atoms with E-state index in [0.717, 1.165) is 16.6 Å². The van der Waals surface area contributed by atoms with Crippen molar-refractivity contribution in [3.05, 3.63) is 53.6 Å². The molecule has 134 valence electrons. The van der Waals surface area contributed by atoms with Gasteiger partial charge in [-0.1, -0.05) is 24.3 Å². The van der Waals surface area contributed by atoms with Crippen molar-refractivity contribution >= 4 is 38.7 Å². The minimum atomic E-state index is -0.773. The molecular formula is C19H18N2O4S. The molecule has 1 heterocycles. The molecule has 0 spiro atoms. The van der Waals surface area contributed by atoms with E-state index in [1.165, 1.54) is 29.0 Å². The molecule has 0 aliphatic rings. The lowest BCUT2D eigenvalue weighted by Crippen LogP contribution is -2.12. The Balaban J connectivity index is 1.68. The maximum atomic E-state index is 12.4. The number of rotatable bonds is 5. The summed E-state index contributed by atoms with van der Waals surface area (Å²) >= 11 is 1.44. The fourth-order valence-corrected chi connectivity index (χ4v) is 3.25. The molecule has 26 heavy (non-hydrogen) atoms. The minimum absolute atomic E-state index is 0.237. The summed E-state index contributed by atoms with van der Waals surface area (Å²) in [6, 6.07) is 12.3. The third-order valence-electron chi connectivity index (χ3n) is 3.66. The van der Waals surface area contributed by atoms with Crippen LogP contribution in [0, 0.1) is 0 Å². The summed E-state index contributed by atoms with van der Waals surface area (Å²) in [5.74, 6) is 0.0366. The minimum Gasteiger partial charge on any atom is -0.434 e. The summed E-state index contributed by atoms with van der Waals surface area (Å²) in [7, 11) is 0. The quantitative estimate of drug-likeness (QED) is 0.523. The first-order chi connectivity index (χ1) is 12.6. The molecule has 1 aromatic heterocycles. The molecule has 3 aromatic rings. The summed E-state index contributed by atoms with van der Waals surface area (Å²) in [5, 5.41) is 3.35. The molecule has 0 aliphatic carbocycles. The van der Waals surface area contributed by atoms with Crippen molar-refractivity contribution in [1.82, 2.24) is 4.98 Å². The van der Waals surface area contributed by atoms with Gasteiger partial charge < -0.3 is 9.47 Å². The Morgan fingerprint density at radius 3 is 2.58 bits per heavy atom. The third kappa shape index (κ3) is 4.18. The number of aromatic nitrogens is 1. The molecular weight excluding hydrogens is 352 g/mol. The second kappa shape index (κ2) is 7.97. The van der Waals surface area contributed by atoms with Crippen LogP contribution in [-0.4, -0.2) is 23.7 Å². The number of aryl methyl sites for hydroxylation is 1. The van der Waals surface area contributed by atoms with Gasteiger partial charge in [0.1, 0.15) is 5.75 Å². The lowest BCUT2D eigenvalue weighted by atomic mass is 10.2. The Bertz CT molecular complexity index is 934. The summed E-state index contributed by atoms with van der Waals surface area (Å²) in [4.78, 5) is 28.1. The van der Waals surface area contributed by atoms with Crippen LogP contribution in [0.2, 0.25) is 0 Å². The molecule has 0 atom stereocenters. The number of amides is 1. The van der Waals surface area contributed by atoms with Gasteiger partial charge in [-0.3, -0.25) is 10.1 Å². The van der Waals surface area contributed by atoms with Gasteiger partial charge >= 0.3 is 6.16 Å². The molecule has 0 saturated carbocycles. The second-order valence-corrected chi connectivity index (χ2v) is 6.47. The topological polar surface area (TPSA) is 77.5 Å². The van der Waals surface area contributed by atoms with Crippen molar-refractivity contribution in [2.24, 2.45) is 0 Å². The van der Waals surface area contributed by atoms with Crippen molar-refractivity contribution in [3.8, 4) is 5.75 Å². The molecule has 0 saturated heterocycles. The Morgan fingerprint density at radius 1 is 1.12 bits per heavy atom. The van der Waals surface area contributed by atoms with E-state index < -0.39 is 6.16 Å². The van der Waals surface area contributed by atoms with Crippen molar-refractivity contribution in [2.45, 2.75) is 20.3 Å². The van der Waals surface area contributed by atoms with Gasteiger partial charge in [-0.25, -0.2) is 9.78 Å². The van der Waals surface area contributed by atoms with E-state index in [1.54, 1.807) is 19.1 Å². The number of anilines is 1. The maximum absolute atomic E-state index is 12.4. The number of benzene rings is 2. The number of nitrogens with zero attached hydrogens (tertiary/aromatic N) is 1. The van der Waals surface area contributed by atoms with Crippen LogP contribution in [0.1, 0.15) is 29.8 Å². The van der Waals surface area contributed by atoms with Gasteiger partial charge in [-0.15, -0.1) is 0 Å². The van der Waals surface area contributed by atoms with Crippen molar-refractivity contribution in [2.75, 3.05) is 11.9 Å². The van der Waals surface area contributed by atoms with Crippen LogP contribution >= 0.6 is 11.3 Å². The monoisotopic (exact) mass is 370 g/mol. The summed E-state index contributed by atoms with van der Waals surface area (Å²) in [6.45, 7) is 4.03. The van der Waals surface area contributed by atoms with E-state index in [4.69, 9.17) is 9.47 Å². The molecule has 7 heteroatoms. The highest BCUT2D eigenvalue weighted by atomic mass is 32.1. The Hall–Kier alpha value is -2.93. The van der Waals surface area contributed by atoms with Gasteiger partial charge in [0, 0.05) is 5.56 Å². The SMILES string of the molecule is CCOC(=O)Oc1ccc(C(=O)Nc2nc3ccc(CC)cc3s2)cc1. The van der Waals surface area contributed by atoms with Crippen molar-refractivity contribution in [1.29, 1.82) is 0 Å². The normalized spacial score (nSPS) is 10.5. The number of thiazole rings is 1. The highest BCUT2D eigenvalue weighted by Gasteiger charge is 2.11. The highest BCUT2D eigenvalue weighted by molar-refractivity contribution is 7.22. The zero-order chi connectivity index (χ0) is 18.5. The van der Waals surface area contributed by atoms with Crippen molar-refractivity contribution in [3.63, 3.8) is 0 Å². The van der Waals surface area contributed by atoms with Crippen LogP contribution in [0.15, 0.2) is 42.5 Å². The van der Waals surface area contributed by atoms with Crippen LogP contribution in [0.3, 0.4) is 0 Å². The Morgan fingerprint density at radius 2 is 1.88 bits per heavy atom. The largest absolute Gasteiger partial charge is 0.513 e. The molecule has 0 fully saturated rings. The Kier molecular flexibility index (Phi) is 5.48. The van der Waals surface area contributed by atoms with Gasteiger partial charge in [-0.05, 0) is 55.3 Å². The standard InChI is InChI=1S/C19H18N2O4S/c1-3-12-5-10-15-16(11-12)26-18(20-15)21-17(22)13-6-8-14(9-7-13)25-19(23)24-4-2/h5-11H,3-4H2,1-2H3,(H,20,21,22). The van der Waals surface area contributed by atoms with Crippen LogP contribution in [-0.2, 0) is 11.2 Å². The molecule has 0 unspecified atom stereocenters. The molecule has 0 bridgehead atoms. The van der Waals surface area contributed by atoms with E-state index in [0.29, 0.717) is 16.4 Å². The molecule has 2 aromatic carbocycles. The first-order valence-corrected chi connectivity index (χ1v) is 9.06. The lowest BCUT2D eigenvalue weighted by Gasteiger charge is -2.05. The number of fused-ring (bicyclic) bond motifs is 1. The lowest BCUT2D eigenvalue weighted by molar-refractivity contribution is 0.102. The smallest absolute Gasteiger partial charge is 0.434 e. The second-order valence-electron chi connectivity index (χ2n) is 5.44. The zero-order valence-corrected chi connectivity index (χ0v) is 15.3.